The molecule has 0 aromatic heterocycles. The molecule has 1 aliphatic rings. The molecule has 2 heteroatoms. The minimum atomic E-state index is 0.369. The van der Waals surface area contributed by atoms with E-state index in [0.29, 0.717) is 6.10 Å². The zero-order valence-corrected chi connectivity index (χ0v) is 4.55. The summed E-state index contributed by atoms with van der Waals surface area (Å²) in [6.07, 6.45) is 0.369. The van der Waals surface area contributed by atoms with Crippen LogP contribution in [0.1, 0.15) is 6.92 Å². The van der Waals surface area contributed by atoms with Crippen LogP contribution in [-0.4, -0.2) is 25.8 Å². The van der Waals surface area contributed by atoms with Gasteiger partial charge in [0.25, 0.3) is 0 Å². The largest absolute Gasteiger partial charge is 0.376 e. The van der Waals surface area contributed by atoms with Crippen molar-refractivity contribution in [3.63, 3.8) is 0 Å². The predicted molar refractivity (Wildman–Crippen MR) is 27.3 cm³/mol. The van der Waals surface area contributed by atoms with Crippen LogP contribution in [-0.2, 0) is 4.74 Å². The second-order valence-corrected chi connectivity index (χ2v) is 1.81. The highest BCUT2D eigenvalue weighted by molar-refractivity contribution is 4.59. The molecule has 0 aromatic carbocycles. The molecule has 0 saturated carbocycles. The Hall–Kier alpha value is -0.0800. The molecule has 0 aromatic rings. The normalized spacial score (nSPS) is 33.0. The Bertz CT molecular complexity index is 50.0. The highest BCUT2D eigenvalue weighted by Gasteiger charge is 2.06. The Morgan fingerprint density at radius 2 is 2.57 bits per heavy atom. The molecule has 0 spiro atoms. The van der Waals surface area contributed by atoms with E-state index in [0.717, 1.165) is 19.7 Å². The molecule has 1 rings (SSSR count). The van der Waals surface area contributed by atoms with Gasteiger partial charge in [0.2, 0.25) is 0 Å². The predicted octanol–water partition coefficient (Wildman–Crippen LogP) is 0.00950. The van der Waals surface area contributed by atoms with Gasteiger partial charge in [-0.05, 0) is 6.92 Å². The highest BCUT2D eigenvalue weighted by Crippen LogP contribution is 1.92. The lowest BCUT2D eigenvalue weighted by Gasteiger charge is -2.17. The van der Waals surface area contributed by atoms with Gasteiger partial charge >= 0.3 is 0 Å². The molecule has 0 bridgehead atoms. The fourth-order valence-corrected chi connectivity index (χ4v) is 0.644. The third kappa shape index (κ3) is 1.45. The summed E-state index contributed by atoms with van der Waals surface area (Å²) in [6.45, 7) is 4.65. The van der Waals surface area contributed by atoms with Crippen molar-refractivity contribution in [1.82, 2.24) is 5.32 Å². The molecule has 0 unspecified atom stereocenters. The molecule has 41 valence electrons. The summed E-state index contributed by atoms with van der Waals surface area (Å²) in [5.41, 5.74) is 0. The van der Waals surface area contributed by atoms with Gasteiger partial charge in [-0.2, -0.15) is 0 Å². The van der Waals surface area contributed by atoms with Gasteiger partial charge in [0.1, 0.15) is 0 Å². The van der Waals surface area contributed by atoms with Crippen molar-refractivity contribution in [2.75, 3.05) is 19.7 Å². The first-order valence-corrected chi connectivity index (χ1v) is 2.64. The van der Waals surface area contributed by atoms with Crippen LogP contribution in [0.15, 0.2) is 0 Å². The highest BCUT2D eigenvalue weighted by atomic mass is 16.5. The van der Waals surface area contributed by atoms with Crippen LogP contribution in [0.5, 0.6) is 0 Å². The summed E-state index contributed by atoms with van der Waals surface area (Å²) in [6, 6.07) is 0. The van der Waals surface area contributed by atoms with Crippen LogP contribution in [0.3, 0.4) is 0 Å². The molecule has 0 amide bonds. The maximum atomic E-state index is 5.18. The first-order valence-electron chi connectivity index (χ1n) is 2.64. The molecule has 1 saturated heterocycles. The van der Waals surface area contributed by atoms with E-state index in [1.165, 1.54) is 0 Å². The minimum absolute atomic E-state index is 0.369. The fourth-order valence-electron chi connectivity index (χ4n) is 0.644. The maximum Gasteiger partial charge on any atom is 0.0688 e. The Labute approximate surface area is 43.9 Å². The number of morpholine rings is 1. The lowest BCUT2D eigenvalue weighted by molar-refractivity contribution is 0.0394. The van der Waals surface area contributed by atoms with Gasteiger partial charge in [-0.15, -0.1) is 0 Å². The summed E-state index contributed by atoms with van der Waals surface area (Å²) in [5, 5.41) is 4.13. The van der Waals surface area contributed by atoms with Crippen LogP contribution >= 0.6 is 0 Å². The Balaban J connectivity index is 2.12. The van der Waals surface area contributed by atoms with Crippen LogP contribution in [0.2, 0.25) is 0 Å². The van der Waals surface area contributed by atoms with E-state index in [2.05, 4.69) is 5.32 Å². The van der Waals surface area contributed by atoms with E-state index >= 15 is 0 Å². The first-order chi connectivity index (χ1) is 3.39. The third-order valence-corrected chi connectivity index (χ3v) is 1.04. The van der Waals surface area contributed by atoms with Crippen molar-refractivity contribution >= 4 is 0 Å². The Morgan fingerprint density at radius 1 is 1.71 bits per heavy atom. The summed E-state index contributed by atoms with van der Waals surface area (Å²) < 4.78 is 5.18. The molecule has 1 aliphatic heterocycles. The topological polar surface area (TPSA) is 23.3 Å². The molecule has 1 fully saturated rings. The molecule has 2 nitrogen and oxygen atoms in total. The van der Waals surface area contributed by atoms with Gasteiger partial charge in [-0.25, -0.2) is 5.32 Å². The van der Waals surface area contributed by atoms with Crippen molar-refractivity contribution in [1.29, 1.82) is 0 Å². The van der Waals surface area contributed by atoms with Gasteiger partial charge < -0.3 is 4.74 Å². The minimum Gasteiger partial charge on any atom is -0.376 e. The second kappa shape index (κ2) is 2.28. The van der Waals surface area contributed by atoms with Gasteiger partial charge in [0.15, 0.2) is 0 Å². The zero-order valence-electron chi connectivity index (χ0n) is 4.55. The Kier molecular flexibility index (Phi) is 1.65. The summed E-state index contributed by atoms with van der Waals surface area (Å²) in [7, 11) is 0. The number of ether oxygens (including phenoxy) is 1. The smallest absolute Gasteiger partial charge is 0.0688 e. The molecule has 1 radical (unpaired) electrons. The van der Waals surface area contributed by atoms with E-state index in [-0.39, 0.29) is 0 Å². The van der Waals surface area contributed by atoms with Crippen LogP contribution < -0.4 is 5.32 Å². The number of rotatable bonds is 0. The van der Waals surface area contributed by atoms with Crippen LogP contribution in [0.4, 0.5) is 0 Å². The second-order valence-electron chi connectivity index (χ2n) is 1.81. The first kappa shape index (κ1) is 5.06. The van der Waals surface area contributed by atoms with Gasteiger partial charge in [0.05, 0.1) is 12.7 Å². The lowest BCUT2D eigenvalue weighted by atomic mass is 10.3. The quantitative estimate of drug-likeness (QED) is 0.420. The standard InChI is InChI=1S/C5H10NO/c1-5-4-6-2-3-7-5/h5H,2-4H2,1H3/t5-/m1/s1. The lowest BCUT2D eigenvalue weighted by Crippen LogP contribution is -2.31. The number of nitrogens with zero attached hydrogens (tertiary/aromatic N) is 1. The van der Waals surface area contributed by atoms with E-state index < -0.39 is 0 Å². The molecular weight excluding hydrogens is 90.1 g/mol. The van der Waals surface area contributed by atoms with Crippen LogP contribution in [0, 0.1) is 0 Å². The van der Waals surface area contributed by atoms with Crippen molar-refractivity contribution in [3.8, 4) is 0 Å². The number of hydrogen-bond acceptors (Lipinski definition) is 1. The van der Waals surface area contributed by atoms with E-state index in [1.807, 2.05) is 6.92 Å². The van der Waals surface area contributed by atoms with Crippen molar-refractivity contribution < 1.29 is 4.74 Å². The average Bonchev–Trinajstić information content (AvgIpc) is 1.69. The summed E-state index contributed by atoms with van der Waals surface area (Å²) in [4.78, 5) is 0. The maximum absolute atomic E-state index is 5.18. The van der Waals surface area contributed by atoms with Crippen molar-refractivity contribution in [2.24, 2.45) is 0 Å². The molecule has 1 atom stereocenters. The van der Waals surface area contributed by atoms with Crippen molar-refractivity contribution in [3.05, 3.63) is 0 Å². The summed E-state index contributed by atoms with van der Waals surface area (Å²) >= 11 is 0. The number of hydrogen-bond donors (Lipinski definition) is 0. The zero-order chi connectivity index (χ0) is 5.11. The van der Waals surface area contributed by atoms with E-state index in [9.17, 15) is 0 Å². The van der Waals surface area contributed by atoms with E-state index in [4.69, 9.17) is 4.74 Å². The van der Waals surface area contributed by atoms with Gasteiger partial charge in [-0.1, -0.05) is 0 Å². The van der Waals surface area contributed by atoms with Crippen LogP contribution in [0.25, 0.3) is 0 Å². The monoisotopic (exact) mass is 100 g/mol. The average molecular weight is 100 g/mol. The van der Waals surface area contributed by atoms with Crippen molar-refractivity contribution in [2.45, 2.75) is 13.0 Å². The van der Waals surface area contributed by atoms with Gasteiger partial charge in [0, 0.05) is 13.1 Å². The fraction of sp³-hybridized carbons (Fsp3) is 1.00. The third-order valence-electron chi connectivity index (χ3n) is 1.04. The molecule has 7 heavy (non-hydrogen) atoms. The molecule has 1 heterocycles. The molecule has 0 aliphatic carbocycles. The van der Waals surface area contributed by atoms with Gasteiger partial charge in [-0.3, -0.25) is 0 Å². The SMILES string of the molecule is C[C@@H]1C[N]CCO1. The molecular formula is C5H10NO. The summed E-state index contributed by atoms with van der Waals surface area (Å²) in [5.74, 6) is 0. The Morgan fingerprint density at radius 3 is 2.86 bits per heavy atom. The van der Waals surface area contributed by atoms with E-state index in [1.54, 1.807) is 0 Å². The molecule has 0 N–H and O–H groups in total.